The Morgan fingerprint density at radius 2 is 2.00 bits per heavy atom. The minimum atomic E-state index is -0.377. The third-order valence-electron chi connectivity index (χ3n) is 5.60. The van der Waals surface area contributed by atoms with E-state index in [1.54, 1.807) is 19.1 Å². The lowest BCUT2D eigenvalue weighted by Crippen LogP contribution is -2.29. The Balaban J connectivity index is 1.69. The first kappa shape index (κ1) is 21.1. The third-order valence-corrected chi connectivity index (χ3v) is 6.47. The highest BCUT2D eigenvalue weighted by Gasteiger charge is 2.29. The number of fused-ring (bicyclic) bond motifs is 2. The average molecular weight is 464 g/mol. The maximum absolute atomic E-state index is 11.3. The summed E-state index contributed by atoms with van der Waals surface area (Å²) in [5.74, 6) is 1.37. The average Bonchev–Trinajstić information content (AvgIpc) is 3.40. The van der Waals surface area contributed by atoms with Crippen LogP contribution >= 0.6 is 11.3 Å². The number of anilines is 1. The fourth-order valence-corrected chi connectivity index (χ4v) is 4.89. The smallest absolute Gasteiger partial charge is 0.272 e. The lowest BCUT2D eigenvalue weighted by molar-refractivity contribution is -0.385. The van der Waals surface area contributed by atoms with Crippen molar-refractivity contribution in [1.29, 1.82) is 0 Å². The van der Waals surface area contributed by atoms with Gasteiger partial charge in [-0.3, -0.25) is 10.1 Å². The van der Waals surface area contributed by atoms with Crippen LogP contribution in [0.15, 0.2) is 41.5 Å². The van der Waals surface area contributed by atoms with E-state index in [0.29, 0.717) is 34.3 Å². The molecule has 33 heavy (non-hydrogen) atoms. The van der Waals surface area contributed by atoms with E-state index >= 15 is 0 Å². The zero-order valence-electron chi connectivity index (χ0n) is 18.3. The van der Waals surface area contributed by atoms with Crippen LogP contribution in [0.2, 0.25) is 0 Å². The van der Waals surface area contributed by atoms with Gasteiger partial charge >= 0.3 is 0 Å². The molecule has 0 saturated heterocycles. The molecule has 0 saturated carbocycles. The summed E-state index contributed by atoms with van der Waals surface area (Å²) in [7, 11) is 0. The van der Waals surface area contributed by atoms with Crippen molar-refractivity contribution in [3.05, 3.63) is 73.8 Å². The van der Waals surface area contributed by atoms with Crippen molar-refractivity contribution >= 4 is 33.9 Å². The molecule has 0 N–H and O–H groups in total. The van der Waals surface area contributed by atoms with Gasteiger partial charge in [0.25, 0.3) is 5.69 Å². The monoisotopic (exact) mass is 463 g/mol. The summed E-state index contributed by atoms with van der Waals surface area (Å²) in [6, 6.07) is 8.98. The molecule has 1 aromatic heterocycles. The molecule has 5 rings (SSSR count). The number of nitro benzene ring substituents is 1. The molecule has 0 bridgehead atoms. The van der Waals surface area contributed by atoms with Gasteiger partial charge in [-0.25, -0.2) is 5.01 Å². The summed E-state index contributed by atoms with van der Waals surface area (Å²) >= 11 is 1.46. The van der Waals surface area contributed by atoms with Gasteiger partial charge in [0.1, 0.15) is 5.01 Å². The highest BCUT2D eigenvalue weighted by Crippen LogP contribution is 2.39. The molecule has 3 aromatic rings. The van der Waals surface area contributed by atoms with Crippen LogP contribution in [0.1, 0.15) is 41.1 Å². The van der Waals surface area contributed by atoms with Crippen molar-refractivity contribution in [2.75, 3.05) is 11.8 Å². The van der Waals surface area contributed by atoms with Crippen LogP contribution in [-0.2, 0) is 6.42 Å². The van der Waals surface area contributed by atoms with Gasteiger partial charge in [0.15, 0.2) is 11.5 Å². The van der Waals surface area contributed by atoms with E-state index < -0.39 is 0 Å². The minimum Gasteiger partial charge on any atom is -0.454 e. The second-order valence-electron chi connectivity index (χ2n) is 7.89. The third kappa shape index (κ3) is 3.82. The number of aromatic nitrogens is 2. The van der Waals surface area contributed by atoms with Gasteiger partial charge < -0.3 is 9.47 Å². The Morgan fingerprint density at radius 3 is 2.73 bits per heavy atom. The summed E-state index contributed by atoms with van der Waals surface area (Å²) in [6.45, 7) is 5.93. The largest absolute Gasteiger partial charge is 0.454 e. The number of aryl methyl sites for hydroxylation is 1. The van der Waals surface area contributed by atoms with Crippen molar-refractivity contribution in [2.45, 2.75) is 33.2 Å². The predicted molar refractivity (Wildman–Crippen MR) is 126 cm³/mol. The van der Waals surface area contributed by atoms with Gasteiger partial charge in [0, 0.05) is 22.8 Å². The van der Waals surface area contributed by atoms with Crippen LogP contribution in [-0.4, -0.2) is 33.7 Å². The first-order chi connectivity index (χ1) is 15.9. The van der Waals surface area contributed by atoms with Gasteiger partial charge in [-0.2, -0.15) is 5.10 Å². The first-order valence-corrected chi connectivity index (χ1v) is 11.3. The number of hydrogen-bond acceptors (Lipinski definition) is 9. The van der Waals surface area contributed by atoms with Crippen LogP contribution in [0, 0.1) is 17.0 Å². The fourth-order valence-electron chi connectivity index (χ4n) is 4.02. The first-order valence-electron chi connectivity index (χ1n) is 10.5. The molecule has 0 aliphatic carbocycles. The number of allylic oxidation sites excluding steroid dienone is 1. The Kier molecular flexibility index (Phi) is 5.29. The van der Waals surface area contributed by atoms with Crippen LogP contribution in [0.5, 0.6) is 11.5 Å². The van der Waals surface area contributed by atoms with Crippen LogP contribution < -0.4 is 14.5 Å². The second kappa shape index (κ2) is 8.28. The molecule has 2 aliphatic rings. The molecule has 3 heterocycles. The maximum atomic E-state index is 11.3. The standard InChI is InChI=1S/C23H21N5O4S/c1-4-5-21-24-25-23(33-21)27-14(3)9-16-10-19-20(32-12-31-19)11-17(16)22(26-27)15-6-7-18(28(29)30)13(2)8-15/h4-8,10-11,14H,9,12H2,1-3H3/t14-/m1/s1. The molecular weight excluding hydrogens is 442 g/mol. The highest BCUT2D eigenvalue weighted by atomic mass is 32.1. The van der Waals surface area contributed by atoms with Crippen molar-refractivity contribution in [1.82, 2.24) is 10.2 Å². The lowest BCUT2D eigenvalue weighted by atomic mass is 9.93. The molecule has 0 radical (unpaired) electrons. The maximum Gasteiger partial charge on any atom is 0.272 e. The summed E-state index contributed by atoms with van der Waals surface area (Å²) in [5, 5.41) is 28.3. The van der Waals surface area contributed by atoms with E-state index in [-0.39, 0.29) is 23.4 Å². The highest BCUT2D eigenvalue weighted by molar-refractivity contribution is 7.16. The van der Waals surface area contributed by atoms with E-state index in [2.05, 4.69) is 17.1 Å². The molecule has 0 spiro atoms. The number of benzene rings is 2. The molecule has 0 amide bonds. The van der Waals surface area contributed by atoms with Gasteiger partial charge in [-0.15, -0.1) is 10.2 Å². The van der Waals surface area contributed by atoms with Gasteiger partial charge in [-0.05, 0) is 63.1 Å². The van der Waals surface area contributed by atoms with E-state index in [1.807, 2.05) is 36.2 Å². The molecule has 0 unspecified atom stereocenters. The Bertz CT molecular complexity index is 1320. The summed E-state index contributed by atoms with van der Waals surface area (Å²) in [6.07, 6.45) is 4.52. The topological polar surface area (TPSA) is 103 Å². The van der Waals surface area contributed by atoms with Crippen molar-refractivity contribution in [3.63, 3.8) is 0 Å². The Labute approximate surface area is 194 Å². The minimum absolute atomic E-state index is 0.00725. The number of hydrogen-bond donors (Lipinski definition) is 0. The molecule has 0 fully saturated rings. The van der Waals surface area contributed by atoms with E-state index in [1.165, 1.54) is 17.4 Å². The lowest BCUT2D eigenvalue weighted by Gasteiger charge is -2.21. The fraction of sp³-hybridized carbons (Fsp3) is 0.261. The number of nitrogens with zero attached hydrogens (tertiary/aromatic N) is 5. The molecule has 10 heteroatoms. The van der Waals surface area contributed by atoms with Crippen LogP contribution in [0.3, 0.4) is 0 Å². The van der Waals surface area contributed by atoms with E-state index in [0.717, 1.165) is 21.7 Å². The summed E-state index contributed by atoms with van der Waals surface area (Å²) < 4.78 is 11.2. The Hall–Kier alpha value is -3.79. The number of ether oxygens (including phenoxy) is 2. The van der Waals surface area contributed by atoms with Crippen LogP contribution in [0.25, 0.3) is 6.08 Å². The van der Waals surface area contributed by atoms with Crippen molar-refractivity contribution in [2.24, 2.45) is 5.10 Å². The molecule has 168 valence electrons. The van der Waals surface area contributed by atoms with E-state index in [4.69, 9.17) is 14.6 Å². The normalized spacial score (nSPS) is 17.1. The molecule has 1 atom stereocenters. The van der Waals surface area contributed by atoms with Crippen molar-refractivity contribution in [3.8, 4) is 11.5 Å². The zero-order valence-corrected chi connectivity index (χ0v) is 19.1. The Morgan fingerprint density at radius 1 is 1.21 bits per heavy atom. The molecule has 2 aliphatic heterocycles. The zero-order chi connectivity index (χ0) is 23.1. The number of rotatable bonds is 4. The van der Waals surface area contributed by atoms with E-state index in [9.17, 15) is 10.1 Å². The predicted octanol–water partition coefficient (Wildman–Crippen LogP) is 4.72. The van der Waals surface area contributed by atoms with Gasteiger partial charge in [-0.1, -0.05) is 17.4 Å². The van der Waals surface area contributed by atoms with Gasteiger partial charge in [0.05, 0.1) is 16.7 Å². The quantitative estimate of drug-likeness (QED) is 0.407. The summed E-state index contributed by atoms with van der Waals surface area (Å²) in [4.78, 5) is 11.0. The molecular formula is C23H21N5O4S. The van der Waals surface area contributed by atoms with Crippen molar-refractivity contribution < 1.29 is 14.4 Å². The molecule has 2 aromatic carbocycles. The molecule has 9 nitrogen and oxygen atoms in total. The summed E-state index contributed by atoms with van der Waals surface area (Å²) in [5.41, 5.74) is 4.06. The number of hydrazone groups is 1. The van der Waals surface area contributed by atoms with Gasteiger partial charge in [0.2, 0.25) is 11.9 Å². The SMILES string of the molecule is CC=Cc1nnc(N2N=C(c3ccc([N+](=O)[O-])c(C)c3)c3cc4c(cc3C[C@H]2C)OCO4)s1. The second-order valence-corrected chi connectivity index (χ2v) is 8.88. The van der Waals surface area contributed by atoms with Crippen LogP contribution in [0.4, 0.5) is 10.8 Å². The number of nitro groups is 1.